The summed E-state index contributed by atoms with van der Waals surface area (Å²) in [6.45, 7) is 6.50. The first kappa shape index (κ1) is 18.9. The van der Waals surface area contributed by atoms with E-state index in [1.807, 2.05) is 0 Å². The Kier molecular flexibility index (Phi) is 5.82. The molecule has 1 saturated heterocycles. The van der Waals surface area contributed by atoms with E-state index in [0.717, 1.165) is 44.2 Å². The van der Waals surface area contributed by atoms with Crippen LogP contribution in [0.4, 0.5) is 15.1 Å². The second-order valence-corrected chi connectivity index (χ2v) is 9.21. The van der Waals surface area contributed by atoms with Gasteiger partial charge in [-0.05, 0) is 32.2 Å². The predicted octanol–water partition coefficient (Wildman–Crippen LogP) is 3.45. The number of anilines is 2. The van der Waals surface area contributed by atoms with Crippen LogP contribution in [-0.2, 0) is 0 Å². The highest BCUT2D eigenvalue weighted by atomic mass is 32.1. The highest BCUT2D eigenvalue weighted by molar-refractivity contribution is 7.19. The Morgan fingerprint density at radius 1 is 1.15 bits per heavy atom. The summed E-state index contributed by atoms with van der Waals surface area (Å²) in [7, 11) is 0. The Bertz CT molecular complexity index is 638. The van der Waals surface area contributed by atoms with Crippen molar-refractivity contribution >= 4 is 27.6 Å². The van der Waals surface area contributed by atoms with Gasteiger partial charge >= 0.3 is 6.03 Å². The van der Waals surface area contributed by atoms with E-state index in [1.54, 1.807) is 0 Å². The fraction of sp³-hybridized carbons (Fsp3) is 0.842. The second-order valence-electron chi connectivity index (χ2n) is 8.26. The van der Waals surface area contributed by atoms with E-state index < -0.39 is 0 Å². The molecule has 1 spiro atoms. The third-order valence-corrected chi connectivity index (χ3v) is 7.46. The van der Waals surface area contributed by atoms with Crippen molar-refractivity contribution in [1.82, 2.24) is 20.4 Å². The van der Waals surface area contributed by atoms with E-state index in [2.05, 4.69) is 37.6 Å². The molecule has 2 aliphatic carbocycles. The lowest BCUT2D eigenvalue weighted by Crippen LogP contribution is -2.63. The number of piperazine rings is 1. The van der Waals surface area contributed by atoms with Crippen molar-refractivity contribution < 1.29 is 4.79 Å². The van der Waals surface area contributed by atoms with Crippen LogP contribution in [0.2, 0.25) is 0 Å². The molecule has 27 heavy (non-hydrogen) atoms. The van der Waals surface area contributed by atoms with E-state index in [-0.39, 0.29) is 6.03 Å². The van der Waals surface area contributed by atoms with E-state index in [1.165, 1.54) is 56.3 Å². The number of nitrogens with zero attached hydrogens (tertiary/aromatic N) is 4. The van der Waals surface area contributed by atoms with Gasteiger partial charge in [0.25, 0.3) is 0 Å². The Morgan fingerprint density at radius 2 is 1.93 bits per heavy atom. The molecule has 2 N–H and O–H groups in total. The monoisotopic (exact) mass is 392 g/mol. The van der Waals surface area contributed by atoms with Crippen LogP contribution in [-0.4, -0.2) is 58.9 Å². The van der Waals surface area contributed by atoms with Crippen molar-refractivity contribution in [2.24, 2.45) is 0 Å². The van der Waals surface area contributed by atoms with Crippen molar-refractivity contribution in [2.45, 2.75) is 76.3 Å². The summed E-state index contributed by atoms with van der Waals surface area (Å²) in [6.07, 6.45) is 11.2. The molecular formula is C19H32N6OS. The van der Waals surface area contributed by atoms with Gasteiger partial charge in [-0.1, -0.05) is 50.4 Å². The predicted molar refractivity (Wildman–Crippen MR) is 110 cm³/mol. The topological polar surface area (TPSA) is 73.4 Å². The van der Waals surface area contributed by atoms with Crippen LogP contribution < -0.4 is 15.5 Å². The molecule has 0 aromatic carbocycles. The summed E-state index contributed by atoms with van der Waals surface area (Å²) in [5.74, 6) is 0. The van der Waals surface area contributed by atoms with E-state index in [9.17, 15) is 4.79 Å². The molecule has 3 aliphatic rings. The zero-order valence-corrected chi connectivity index (χ0v) is 17.2. The normalized spacial score (nSPS) is 23.7. The summed E-state index contributed by atoms with van der Waals surface area (Å²) >= 11 is 1.50. The summed E-state index contributed by atoms with van der Waals surface area (Å²) < 4.78 is 0. The summed E-state index contributed by atoms with van der Waals surface area (Å²) in [6, 6.07) is 0.162. The fourth-order valence-corrected chi connectivity index (χ4v) is 5.90. The Morgan fingerprint density at radius 3 is 2.67 bits per heavy atom. The van der Waals surface area contributed by atoms with Gasteiger partial charge in [-0.15, -0.1) is 10.2 Å². The molecule has 0 bridgehead atoms. The molecule has 3 fully saturated rings. The van der Waals surface area contributed by atoms with Gasteiger partial charge in [0.05, 0.1) is 0 Å². The number of amides is 2. The van der Waals surface area contributed by atoms with Gasteiger partial charge in [-0.25, -0.2) is 4.79 Å². The molecule has 0 unspecified atom stereocenters. The van der Waals surface area contributed by atoms with Gasteiger partial charge in [-0.3, -0.25) is 10.2 Å². The summed E-state index contributed by atoms with van der Waals surface area (Å²) in [5, 5.41) is 16.1. The number of hydrogen-bond acceptors (Lipinski definition) is 6. The van der Waals surface area contributed by atoms with Gasteiger partial charge in [0.15, 0.2) is 0 Å². The number of carbonyl (C=O) groups is 1. The van der Waals surface area contributed by atoms with Crippen LogP contribution in [0.1, 0.15) is 64.7 Å². The number of aromatic nitrogens is 2. The maximum atomic E-state index is 12.2. The Balaban J connectivity index is 1.38. The quantitative estimate of drug-likeness (QED) is 0.821. The Hall–Kier alpha value is -1.41. The first-order chi connectivity index (χ1) is 13.2. The molecule has 1 aromatic rings. The van der Waals surface area contributed by atoms with Crippen molar-refractivity contribution in [3.05, 3.63) is 0 Å². The third-order valence-electron chi connectivity index (χ3n) is 6.56. The van der Waals surface area contributed by atoms with Crippen molar-refractivity contribution in [2.75, 3.05) is 36.4 Å². The smallest absolute Gasteiger partial charge is 0.321 e. The molecule has 2 saturated carbocycles. The van der Waals surface area contributed by atoms with Gasteiger partial charge in [0, 0.05) is 31.2 Å². The van der Waals surface area contributed by atoms with Crippen LogP contribution in [0.15, 0.2) is 0 Å². The first-order valence-corrected chi connectivity index (χ1v) is 11.4. The van der Waals surface area contributed by atoms with Crippen LogP contribution in [0.5, 0.6) is 0 Å². The zero-order chi connectivity index (χ0) is 18.7. The van der Waals surface area contributed by atoms with Crippen molar-refractivity contribution in [3.63, 3.8) is 0 Å². The van der Waals surface area contributed by atoms with E-state index in [4.69, 9.17) is 0 Å². The van der Waals surface area contributed by atoms with E-state index >= 15 is 0 Å². The first-order valence-electron chi connectivity index (χ1n) is 10.6. The van der Waals surface area contributed by atoms with Crippen molar-refractivity contribution in [1.29, 1.82) is 0 Å². The minimum atomic E-state index is -0.149. The van der Waals surface area contributed by atoms with E-state index in [0.29, 0.717) is 16.7 Å². The minimum absolute atomic E-state index is 0.149. The second kappa shape index (κ2) is 8.31. The molecule has 1 aromatic heterocycles. The molecule has 150 valence electrons. The number of carbonyl (C=O) groups excluding carboxylic acids is 1. The number of rotatable bonds is 4. The van der Waals surface area contributed by atoms with Gasteiger partial charge < -0.3 is 10.2 Å². The highest BCUT2D eigenvalue weighted by Gasteiger charge is 2.42. The zero-order valence-electron chi connectivity index (χ0n) is 16.4. The van der Waals surface area contributed by atoms with Crippen LogP contribution >= 0.6 is 11.3 Å². The molecule has 8 heteroatoms. The molecular weight excluding hydrogens is 360 g/mol. The molecule has 0 atom stereocenters. The lowest BCUT2D eigenvalue weighted by Gasteiger charge is -2.52. The lowest BCUT2D eigenvalue weighted by molar-refractivity contribution is 0.0437. The lowest BCUT2D eigenvalue weighted by atomic mass is 9.78. The number of hydrogen-bond donors (Lipinski definition) is 2. The van der Waals surface area contributed by atoms with Crippen LogP contribution in [0.3, 0.4) is 0 Å². The number of urea groups is 1. The van der Waals surface area contributed by atoms with Crippen molar-refractivity contribution in [3.8, 4) is 0 Å². The van der Waals surface area contributed by atoms with Crippen LogP contribution in [0, 0.1) is 0 Å². The molecule has 7 nitrogen and oxygen atoms in total. The molecule has 0 radical (unpaired) electrons. The SMILES string of the molecule is CCN1CCN(c2nnc(NC(=O)NC3CCCC3)s2)CC12CCCCC2. The summed E-state index contributed by atoms with van der Waals surface area (Å²) in [4.78, 5) is 17.2. The molecule has 2 amide bonds. The fourth-order valence-electron chi connectivity index (χ4n) is 5.14. The largest absolute Gasteiger partial charge is 0.343 e. The molecule has 4 rings (SSSR count). The van der Waals surface area contributed by atoms with Gasteiger partial charge in [-0.2, -0.15) is 0 Å². The average molecular weight is 393 g/mol. The molecule has 1 aliphatic heterocycles. The highest BCUT2D eigenvalue weighted by Crippen LogP contribution is 2.38. The van der Waals surface area contributed by atoms with Gasteiger partial charge in [0.2, 0.25) is 10.3 Å². The minimum Gasteiger partial charge on any atom is -0.343 e. The number of likely N-dealkylation sites (N-methyl/N-ethyl adjacent to an activating group) is 1. The number of nitrogens with one attached hydrogen (secondary N) is 2. The maximum Gasteiger partial charge on any atom is 0.321 e. The Labute approximate surface area is 165 Å². The third kappa shape index (κ3) is 4.21. The van der Waals surface area contributed by atoms with Crippen LogP contribution in [0.25, 0.3) is 0 Å². The molecule has 2 heterocycles. The summed E-state index contributed by atoms with van der Waals surface area (Å²) in [5.41, 5.74) is 0.296. The maximum absolute atomic E-state index is 12.2. The average Bonchev–Trinajstić information content (AvgIpc) is 3.34. The van der Waals surface area contributed by atoms with Gasteiger partial charge in [0.1, 0.15) is 0 Å². The standard InChI is InChI=1S/C19H32N6OS/c1-2-25-13-12-24(14-19(25)10-6-3-7-11-19)18-23-22-17(27-18)21-16(26)20-15-8-4-5-9-15/h15H,2-14H2,1H3,(H2,20,21,22,26).